The summed E-state index contributed by atoms with van der Waals surface area (Å²) in [7, 11) is 0. The van der Waals surface area contributed by atoms with Gasteiger partial charge < -0.3 is 24.4 Å². The van der Waals surface area contributed by atoms with Crippen molar-refractivity contribution < 1.29 is 46.5 Å². The van der Waals surface area contributed by atoms with E-state index in [-0.39, 0.29) is 51.7 Å². The molecule has 2 heterocycles. The van der Waals surface area contributed by atoms with Gasteiger partial charge in [0.15, 0.2) is 0 Å². The number of nitrogens with zero attached hydrogens (tertiary/aromatic N) is 2. The molecule has 226 valence electrons. The number of alkyl halides is 4. The van der Waals surface area contributed by atoms with Crippen LogP contribution in [0.3, 0.4) is 0 Å². The Labute approximate surface area is 240 Å². The number of carbonyl (C=O) groups is 3. The minimum Gasteiger partial charge on any atom is -0.445 e. The maximum absolute atomic E-state index is 13.4. The van der Waals surface area contributed by atoms with Crippen LogP contribution in [0.1, 0.15) is 24.0 Å². The summed E-state index contributed by atoms with van der Waals surface area (Å²) in [6.45, 7) is 0.853. The van der Waals surface area contributed by atoms with E-state index in [1.54, 1.807) is 0 Å². The topological polar surface area (TPSA) is 96.4 Å². The van der Waals surface area contributed by atoms with Crippen molar-refractivity contribution in [2.75, 3.05) is 26.2 Å². The number of hydrogen-bond acceptors (Lipinski definition) is 6. The number of amides is 2. The average molecular weight is 593 g/mol. The maximum Gasteiger partial charge on any atom is 0.410 e. The normalized spacial score (nSPS) is 28.5. The van der Waals surface area contributed by atoms with Gasteiger partial charge in [-0.1, -0.05) is 60.7 Å². The Morgan fingerprint density at radius 3 is 1.76 bits per heavy atom. The Bertz CT molecular complexity index is 1280. The first-order chi connectivity index (χ1) is 19.9. The fraction of sp³-hybridized carbons (Fsp3) is 0.500. The smallest absolute Gasteiger partial charge is 0.410 e. The third-order valence-corrected chi connectivity index (χ3v) is 8.45. The lowest BCUT2D eigenvalue weighted by atomic mass is 9.99. The SMILES string of the molecule is O=C(OCc1ccccc1)N1C[C@@H]2CC(F)(F)C(=O)[C@@H]2C1.O=C(OCc1ccccc1)N1C[C@@H]2CC(F)(F)[C@H](O)[C@@H]2C1. The Kier molecular flexibility index (Phi) is 8.45. The average Bonchev–Trinajstić information content (AvgIpc) is 3.68. The van der Waals surface area contributed by atoms with Gasteiger partial charge in [-0.2, -0.15) is 8.78 Å². The first-order valence-corrected chi connectivity index (χ1v) is 13.8. The van der Waals surface area contributed by atoms with Gasteiger partial charge in [0.05, 0.1) is 0 Å². The van der Waals surface area contributed by atoms with Crippen LogP contribution in [0.5, 0.6) is 0 Å². The summed E-state index contributed by atoms with van der Waals surface area (Å²) in [6, 6.07) is 18.4. The first-order valence-electron chi connectivity index (χ1n) is 13.8. The zero-order valence-corrected chi connectivity index (χ0v) is 22.7. The number of benzene rings is 2. The minimum absolute atomic E-state index is 0.0344. The molecule has 2 aromatic carbocycles. The third kappa shape index (κ3) is 6.38. The molecule has 4 fully saturated rings. The predicted octanol–water partition coefficient (Wildman–Crippen LogP) is 4.75. The standard InChI is InChI=1S/C15H17F2NO3.C15H15F2NO3/c2*16-15(17)6-11-7-18(8-12(11)13(15)19)14(20)21-9-10-4-2-1-3-5-10/h1-5,11-13,19H,6-9H2;1-5,11-12H,6-9H2/t11-,12+,13+;11-,12+/m00/s1. The van der Waals surface area contributed by atoms with Gasteiger partial charge in [-0.25, -0.2) is 18.4 Å². The number of aliphatic hydroxyl groups is 1. The molecule has 0 unspecified atom stereocenters. The molecule has 2 aliphatic carbocycles. The maximum atomic E-state index is 13.4. The Morgan fingerprint density at radius 1 is 0.762 bits per heavy atom. The molecular formula is C30H32F4N2O6. The van der Waals surface area contributed by atoms with Gasteiger partial charge in [0, 0.05) is 50.9 Å². The molecule has 2 aliphatic heterocycles. The van der Waals surface area contributed by atoms with Gasteiger partial charge in [-0.05, 0) is 23.0 Å². The van der Waals surface area contributed by atoms with Crippen LogP contribution >= 0.6 is 0 Å². The number of fused-ring (bicyclic) bond motifs is 2. The highest BCUT2D eigenvalue weighted by Crippen LogP contribution is 2.47. The molecule has 12 heteroatoms. The van der Waals surface area contributed by atoms with E-state index in [1.807, 2.05) is 60.7 Å². The van der Waals surface area contributed by atoms with Crippen LogP contribution in [0.15, 0.2) is 60.7 Å². The van der Waals surface area contributed by atoms with Gasteiger partial charge in [0.2, 0.25) is 5.78 Å². The van der Waals surface area contributed by atoms with E-state index in [4.69, 9.17) is 9.47 Å². The summed E-state index contributed by atoms with van der Waals surface area (Å²) >= 11 is 0. The molecule has 8 nitrogen and oxygen atoms in total. The van der Waals surface area contributed by atoms with E-state index in [1.165, 1.54) is 9.80 Å². The summed E-state index contributed by atoms with van der Waals surface area (Å²) < 4.78 is 63.6. The fourth-order valence-corrected chi connectivity index (χ4v) is 6.25. The van der Waals surface area contributed by atoms with Gasteiger partial charge >= 0.3 is 18.1 Å². The highest BCUT2D eigenvalue weighted by molar-refractivity contribution is 5.91. The lowest BCUT2D eigenvalue weighted by molar-refractivity contribution is -0.141. The van der Waals surface area contributed by atoms with Crippen molar-refractivity contribution in [1.82, 2.24) is 9.80 Å². The van der Waals surface area contributed by atoms with E-state index in [0.29, 0.717) is 0 Å². The number of carbonyl (C=O) groups excluding carboxylic acids is 3. The summed E-state index contributed by atoms with van der Waals surface area (Å²) in [4.78, 5) is 38.2. The number of ether oxygens (including phenoxy) is 2. The second kappa shape index (κ2) is 11.9. The van der Waals surface area contributed by atoms with Crippen LogP contribution in [0.2, 0.25) is 0 Å². The second-order valence-corrected chi connectivity index (χ2v) is 11.4. The number of rotatable bonds is 4. The molecule has 0 radical (unpaired) electrons. The minimum atomic E-state index is -3.23. The van der Waals surface area contributed by atoms with Gasteiger partial charge in [0.25, 0.3) is 5.92 Å². The second-order valence-electron chi connectivity index (χ2n) is 11.4. The number of halogens is 4. The molecule has 0 bridgehead atoms. The van der Waals surface area contributed by atoms with Crippen molar-refractivity contribution >= 4 is 18.0 Å². The number of aliphatic hydroxyl groups excluding tert-OH is 1. The highest BCUT2D eigenvalue weighted by atomic mass is 19.3. The van der Waals surface area contributed by atoms with Crippen LogP contribution in [-0.4, -0.2) is 77.0 Å². The predicted molar refractivity (Wildman–Crippen MR) is 141 cm³/mol. The van der Waals surface area contributed by atoms with Crippen molar-refractivity contribution in [2.45, 2.75) is 44.0 Å². The molecule has 0 spiro atoms. The molecule has 5 atom stereocenters. The molecule has 2 aromatic rings. The fourth-order valence-electron chi connectivity index (χ4n) is 6.25. The molecule has 4 aliphatic rings. The van der Waals surface area contributed by atoms with E-state index >= 15 is 0 Å². The van der Waals surface area contributed by atoms with Crippen LogP contribution in [0.25, 0.3) is 0 Å². The van der Waals surface area contributed by atoms with Crippen molar-refractivity contribution in [3.05, 3.63) is 71.8 Å². The lowest BCUT2D eigenvalue weighted by Gasteiger charge is -2.21. The Morgan fingerprint density at radius 2 is 1.26 bits per heavy atom. The molecule has 2 saturated heterocycles. The van der Waals surface area contributed by atoms with Gasteiger partial charge in [0.1, 0.15) is 19.3 Å². The highest BCUT2D eigenvalue weighted by Gasteiger charge is 2.59. The molecule has 2 saturated carbocycles. The molecule has 2 amide bonds. The zero-order chi connectivity index (χ0) is 30.1. The number of likely N-dealkylation sites (tertiary alicyclic amines) is 2. The first kappa shape index (κ1) is 29.8. The number of hydrogen-bond donors (Lipinski definition) is 1. The number of ketones is 1. The van der Waals surface area contributed by atoms with Crippen LogP contribution in [-0.2, 0) is 27.5 Å². The lowest BCUT2D eigenvalue weighted by Crippen LogP contribution is -2.37. The van der Waals surface area contributed by atoms with Crippen molar-refractivity contribution in [2.24, 2.45) is 23.7 Å². The van der Waals surface area contributed by atoms with Crippen LogP contribution < -0.4 is 0 Å². The van der Waals surface area contributed by atoms with Gasteiger partial charge in [-0.3, -0.25) is 4.79 Å². The van der Waals surface area contributed by atoms with Crippen molar-refractivity contribution in [3.63, 3.8) is 0 Å². The molecular weight excluding hydrogens is 560 g/mol. The molecule has 42 heavy (non-hydrogen) atoms. The zero-order valence-electron chi connectivity index (χ0n) is 22.7. The van der Waals surface area contributed by atoms with E-state index in [9.17, 15) is 37.1 Å². The molecule has 0 aromatic heterocycles. The molecule has 1 N–H and O–H groups in total. The Hall–Kier alpha value is -3.67. The quantitative estimate of drug-likeness (QED) is 0.515. The summed E-state index contributed by atoms with van der Waals surface area (Å²) in [5.41, 5.74) is 1.73. The van der Waals surface area contributed by atoms with E-state index in [2.05, 4.69) is 0 Å². The molecule has 6 rings (SSSR count). The third-order valence-electron chi connectivity index (χ3n) is 8.45. The monoisotopic (exact) mass is 592 g/mol. The summed E-state index contributed by atoms with van der Waals surface area (Å²) in [5.74, 6) is -9.39. The van der Waals surface area contributed by atoms with E-state index in [0.717, 1.165) is 11.1 Å². The van der Waals surface area contributed by atoms with Crippen LogP contribution in [0, 0.1) is 23.7 Å². The van der Waals surface area contributed by atoms with Crippen LogP contribution in [0.4, 0.5) is 27.2 Å². The van der Waals surface area contributed by atoms with E-state index < -0.39 is 60.1 Å². The number of Topliss-reactive ketones (excluding diaryl/α,β-unsaturated/α-hetero) is 1. The summed E-state index contributed by atoms with van der Waals surface area (Å²) in [5, 5.41) is 9.61. The van der Waals surface area contributed by atoms with Crippen molar-refractivity contribution in [3.8, 4) is 0 Å². The Balaban J connectivity index is 0.000000168. The largest absolute Gasteiger partial charge is 0.445 e. The summed E-state index contributed by atoms with van der Waals surface area (Å²) in [6.07, 6.45) is -3.54. The van der Waals surface area contributed by atoms with Gasteiger partial charge in [-0.15, -0.1) is 0 Å². The van der Waals surface area contributed by atoms with Crippen molar-refractivity contribution in [1.29, 1.82) is 0 Å².